The van der Waals surface area contributed by atoms with Crippen LogP contribution in [0, 0.1) is 5.92 Å². The minimum Gasteiger partial charge on any atom is -0.388 e. The van der Waals surface area contributed by atoms with Crippen LogP contribution in [0.2, 0.25) is 0 Å². The molecule has 0 saturated carbocycles. The van der Waals surface area contributed by atoms with Gasteiger partial charge in [-0.15, -0.1) is 0 Å². The highest BCUT2D eigenvalue weighted by molar-refractivity contribution is 7.82. The van der Waals surface area contributed by atoms with Gasteiger partial charge in [-0.1, -0.05) is 0 Å². The molecular weight excluding hydrogens is 248 g/mol. The van der Waals surface area contributed by atoms with E-state index in [1.807, 2.05) is 35.6 Å². The van der Waals surface area contributed by atoms with Crippen molar-refractivity contribution in [3.63, 3.8) is 0 Å². The van der Waals surface area contributed by atoms with Crippen molar-refractivity contribution in [3.8, 4) is 0 Å². The molecule has 0 bridgehead atoms. The van der Waals surface area contributed by atoms with Gasteiger partial charge in [0.05, 0.1) is 4.90 Å². The second kappa shape index (κ2) is 6.11. The van der Waals surface area contributed by atoms with Gasteiger partial charge in [-0.2, -0.15) is 0 Å². The molecule has 4 nitrogen and oxygen atoms in total. The molecule has 1 aliphatic heterocycles. The van der Waals surface area contributed by atoms with Crippen molar-refractivity contribution >= 4 is 23.0 Å². The Labute approximate surface area is 110 Å². The van der Waals surface area contributed by atoms with Crippen molar-refractivity contribution in [2.24, 2.45) is 5.92 Å². The summed E-state index contributed by atoms with van der Waals surface area (Å²) >= 11 is 0. The van der Waals surface area contributed by atoms with Crippen LogP contribution in [0.15, 0.2) is 29.2 Å². The number of aldehydes is 1. The Hall–Kier alpha value is -1.20. The molecule has 0 spiro atoms. The maximum atomic E-state index is 12.4. The van der Waals surface area contributed by atoms with Gasteiger partial charge in [0.15, 0.2) is 0 Å². The predicted octanol–water partition coefficient (Wildman–Crippen LogP) is 1.66. The van der Waals surface area contributed by atoms with Crippen molar-refractivity contribution in [2.45, 2.75) is 17.7 Å². The minimum atomic E-state index is -1.16. The van der Waals surface area contributed by atoms with Gasteiger partial charge in [-0.3, -0.25) is 0 Å². The molecule has 2 atom stereocenters. The third-order valence-electron chi connectivity index (χ3n) is 3.19. The van der Waals surface area contributed by atoms with Gasteiger partial charge in [-0.25, -0.2) is 8.51 Å². The lowest BCUT2D eigenvalue weighted by atomic mass is 10.0. The molecule has 0 aliphatic carbocycles. The summed E-state index contributed by atoms with van der Waals surface area (Å²) < 4.78 is 14.2. The summed E-state index contributed by atoms with van der Waals surface area (Å²) in [7, 11) is 0.697. The Morgan fingerprint density at radius 1 is 1.39 bits per heavy atom. The van der Waals surface area contributed by atoms with Crippen molar-refractivity contribution in [2.75, 3.05) is 25.5 Å². The van der Waals surface area contributed by atoms with Crippen LogP contribution in [0.1, 0.15) is 12.8 Å². The van der Waals surface area contributed by atoms with E-state index in [1.54, 1.807) is 0 Å². The van der Waals surface area contributed by atoms with Crippen LogP contribution >= 0.6 is 0 Å². The first kappa shape index (κ1) is 13.2. The number of nitrogens with one attached hydrogen (secondary N) is 1. The third kappa shape index (κ3) is 2.97. The zero-order valence-corrected chi connectivity index (χ0v) is 11.3. The Morgan fingerprint density at radius 2 is 2.11 bits per heavy atom. The van der Waals surface area contributed by atoms with Gasteiger partial charge in [-0.05, 0) is 37.1 Å². The second-order valence-electron chi connectivity index (χ2n) is 4.45. The summed E-state index contributed by atoms with van der Waals surface area (Å²) in [4.78, 5) is 11.6. The quantitative estimate of drug-likeness (QED) is 0.843. The van der Waals surface area contributed by atoms with Crippen LogP contribution in [-0.2, 0) is 15.8 Å². The normalized spacial score (nSPS) is 22.4. The monoisotopic (exact) mass is 266 g/mol. The average molecular weight is 266 g/mol. The fraction of sp³-hybridized carbons (Fsp3) is 0.462. The van der Waals surface area contributed by atoms with E-state index in [9.17, 15) is 9.00 Å². The zero-order valence-electron chi connectivity index (χ0n) is 10.5. The molecular formula is C13H18N2O2S. The summed E-state index contributed by atoms with van der Waals surface area (Å²) in [6, 6.07) is 7.56. The van der Waals surface area contributed by atoms with Gasteiger partial charge in [0, 0.05) is 31.7 Å². The van der Waals surface area contributed by atoms with Crippen LogP contribution < -0.4 is 5.32 Å². The second-order valence-corrected chi connectivity index (χ2v) is 5.94. The summed E-state index contributed by atoms with van der Waals surface area (Å²) in [6.07, 6.45) is 2.83. The number of carbonyl (C=O) groups excluding carboxylic acids is 1. The van der Waals surface area contributed by atoms with E-state index >= 15 is 0 Å². The number of carbonyl (C=O) groups is 1. The standard InChI is InChI=1S/C13H18N2O2S/c1-14-12-4-6-13(7-5-12)18(17)15-8-2-3-11(9-15)10-16/h4-7,10-11,14H,2-3,8-9H2,1H3. The van der Waals surface area contributed by atoms with Gasteiger partial charge in [0.25, 0.3) is 0 Å². The first-order chi connectivity index (χ1) is 8.74. The predicted molar refractivity (Wildman–Crippen MR) is 72.8 cm³/mol. The Bertz CT molecular complexity index is 433. The SMILES string of the molecule is CNc1ccc(S(=O)N2CCCC(C=O)C2)cc1. The van der Waals surface area contributed by atoms with Crippen molar-refractivity contribution in [1.82, 2.24) is 4.31 Å². The fourth-order valence-electron chi connectivity index (χ4n) is 2.12. The zero-order chi connectivity index (χ0) is 13.0. The van der Waals surface area contributed by atoms with E-state index in [0.29, 0.717) is 6.54 Å². The van der Waals surface area contributed by atoms with Gasteiger partial charge in [0.1, 0.15) is 17.3 Å². The van der Waals surface area contributed by atoms with Crippen LogP contribution in [0.25, 0.3) is 0 Å². The summed E-state index contributed by atoms with van der Waals surface area (Å²) in [5.41, 5.74) is 1.00. The lowest BCUT2D eigenvalue weighted by molar-refractivity contribution is -0.112. The van der Waals surface area contributed by atoms with Crippen LogP contribution in [0.4, 0.5) is 5.69 Å². The number of anilines is 1. The highest BCUT2D eigenvalue weighted by Crippen LogP contribution is 2.20. The first-order valence-corrected chi connectivity index (χ1v) is 7.25. The first-order valence-electron chi connectivity index (χ1n) is 6.14. The Kier molecular flexibility index (Phi) is 4.49. The average Bonchev–Trinajstić information content (AvgIpc) is 2.46. The number of piperidine rings is 1. The fourth-order valence-corrected chi connectivity index (χ4v) is 3.41. The number of hydrogen-bond donors (Lipinski definition) is 1. The smallest absolute Gasteiger partial charge is 0.127 e. The summed E-state index contributed by atoms with van der Waals surface area (Å²) in [5.74, 6) is 0.0271. The molecule has 1 heterocycles. The Balaban J connectivity index is 2.07. The molecule has 0 radical (unpaired) electrons. The van der Waals surface area contributed by atoms with Gasteiger partial charge < -0.3 is 10.1 Å². The van der Waals surface area contributed by atoms with E-state index in [-0.39, 0.29) is 5.92 Å². The third-order valence-corrected chi connectivity index (χ3v) is 4.67. The molecule has 1 aromatic carbocycles. The summed E-state index contributed by atoms with van der Waals surface area (Å²) in [6.45, 7) is 1.40. The number of benzene rings is 1. The van der Waals surface area contributed by atoms with Crippen molar-refractivity contribution in [1.29, 1.82) is 0 Å². The van der Waals surface area contributed by atoms with E-state index in [0.717, 1.165) is 36.3 Å². The van der Waals surface area contributed by atoms with E-state index in [1.165, 1.54) is 0 Å². The summed E-state index contributed by atoms with van der Waals surface area (Å²) in [5, 5.41) is 3.03. The molecule has 98 valence electrons. The molecule has 1 N–H and O–H groups in total. The molecule has 1 saturated heterocycles. The Morgan fingerprint density at radius 3 is 2.72 bits per heavy atom. The van der Waals surface area contributed by atoms with Gasteiger partial charge >= 0.3 is 0 Å². The molecule has 2 rings (SSSR count). The molecule has 1 aliphatic rings. The number of nitrogens with zero attached hydrogens (tertiary/aromatic N) is 1. The molecule has 1 fully saturated rings. The molecule has 0 aromatic heterocycles. The molecule has 18 heavy (non-hydrogen) atoms. The van der Waals surface area contributed by atoms with Crippen molar-refractivity contribution in [3.05, 3.63) is 24.3 Å². The molecule has 0 amide bonds. The largest absolute Gasteiger partial charge is 0.388 e. The van der Waals surface area contributed by atoms with Crippen LogP contribution in [0.5, 0.6) is 0 Å². The lowest BCUT2D eigenvalue weighted by Gasteiger charge is -2.28. The molecule has 2 unspecified atom stereocenters. The van der Waals surface area contributed by atoms with Crippen LogP contribution in [-0.4, -0.2) is 34.9 Å². The maximum absolute atomic E-state index is 12.4. The highest BCUT2D eigenvalue weighted by atomic mass is 32.2. The topological polar surface area (TPSA) is 49.4 Å². The number of rotatable bonds is 4. The highest BCUT2D eigenvalue weighted by Gasteiger charge is 2.24. The van der Waals surface area contributed by atoms with E-state index in [2.05, 4.69) is 5.32 Å². The van der Waals surface area contributed by atoms with E-state index < -0.39 is 11.0 Å². The molecule has 1 aromatic rings. The molecule has 5 heteroatoms. The van der Waals surface area contributed by atoms with E-state index in [4.69, 9.17) is 0 Å². The van der Waals surface area contributed by atoms with Crippen molar-refractivity contribution < 1.29 is 9.00 Å². The van der Waals surface area contributed by atoms with Gasteiger partial charge in [0.2, 0.25) is 0 Å². The maximum Gasteiger partial charge on any atom is 0.127 e. The van der Waals surface area contributed by atoms with Crippen LogP contribution in [0.3, 0.4) is 0 Å². The minimum absolute atomic E-state index is 0.0271. The number of hydrogen-bond acceptors (Lipinski definition) is 3. The lowest BCUT2D eigenvalue weighted by Crippen LogP contribution is -2.37.